The van der Waals surface area contributed by atoms with Gasteiger partial charge in [0.15, 0.2) is 11.5 Å². The van der Waals surface area contributed by atoms with Gasteiger partial charge in [-0.15, -0.1) is 20.5 Å². The fraction of sp³-hybridized carbons (Fsp3) is 0. The van der Waals surface area contributed by atoms with Crippen molar-refractivity contribution in [3.05, 3.63) is 121 Å². The van der Waals surface area contributed by atoms with Crippen LogP contribution >= 0.6 is 0 Å². The summed E-state index contributed by atoms with van der Waals surface area (Å²) in [5, 5.41) is 57.2. The Labute approximate surface area is 537 Å². The molecule has 79 heavy (non-hydrogen) atoms. The Hall–Kier alpha value is -5.08. The van der Waals surface area contributed by atoms with E-state index in [1.807, 2.05) is 0 Å². The molecular formula is C44H35N13Na4O14S4. The summed E-state index contributed by atoms with van der Waals surface area (Å²) in [5.74, 6) is -1.54. The number of anilines is 6. The van der Waals surface area contributed by atoms with E-state index in [0.717, 1.165) is 36.4 Å². The molecule has 4 radical (unpaired) electrons. The van der Waals surface area contributed by atoms with Crippen LogP contribution in [0.25, 0.3) is 21.5 Å². The van der Waals surface area contributed by atoms with Crippen LogP contribution < -0.4 is 28.3 Å². The Morgan fingerprint density at radius 3 is 1.27 bits per heavy atom. The number of azo groups is 4. The fourth-order valence-electron chi connectivity index (χ4n) is 7.04. The van der Waals surface area contributed by atoms with E-state index in [9.17, 15) is 62.1 Å². The van der Waals surface area contributed by atoms with Gasteiger partial charge in [-0.25, -0.2) is 0 Å². The second kappa shape index (κ2) is 26.2. The van der Waals surface area contributed by atoms with Crippen molar-refractivity contribution in [3.8, 4) is 11.5 Å². The summed E-state index contributed by atoms with van der Waals surface area (Å²) in [6.45, 7) is 0. The molecular weight excluding hydrogens is 1150 g/mol. The van der Waals surface area contributed by atoms with Crippen molar-refractivity contribution in [2.45, 2.75) is 19.6 Å². The molecule has 35 heteroatoms. The maximum atomic E-state index is 12.6. The molecule has 0 bridgehead atoms. The van der Waals surface area contributed by atoms with Crippen molar-refractivity contribution < 1.29 is 62.1 Å². The minimum absolute atomic E-state index is 0. The smallest absolute Gasteiger partial charge is 0.296 e. The van der Waals surface area contributed by atoms with Crippen LogP contribution in [-0.4, -0.2) is 180 Å². The first-order valence-corrected chi connectivity index (χ1v) is 26.4. The number of benzene rings is 8. The van der Waals surface area contributed by atoms with Gasteiger partial charge in [0.2, 0.25) is 0 Å². The Kier molecular flexibility index (Phi) is 22.1. The van der Waals surface area contributed by atoms with Gasteiger partial charge >= 0.3 is 0 Å². The molecule has 8 aromatic rings. The van der Waals surface area contributed by atoms with Gasteiger partial charge in [0.05, 0.1) is 45.5 Å². The molecule has 388 valence electrons. The van der Waals surface area contributed by atoms with Crippen LogP contribution in [-0.2, 0) is 40.5 Å². The number of hydrogen-bond donors (Lipinski definition) is 11. The van der Waals surface area contributed by atoms with Crippen molar-refractivity contribution in [3.63, 3.8) is 0 Å². The summed E-state index contributed by atoms with van der Waals surface area (Å²) in [6, 6.07) is 25.2. The van der Waals surface area contributed by atoms with Gasteiger partial charge in [0.25, 0.3) is 40.5 Å². The molecule has 15 N–H and O–H groups in total. The molecule has 8 rings (SSSR count). The van der Waals surface area contributed by atoms with Gasteiger partial charge in [0, 0.05) is 140 Å². The van der Waals surface area contributed by atoms with Gasteiger partial charge in [-0.1, -0.05) is 12.1 Å². The molecule has 27 nitrogen and oxygen atoms in total. The second-order valence-corrected chi connectivity index (χ2v) is 21.3. The van der Waals surface area contributed by atoms with E-state index >= 15 is 0 Å². The molecule has 0 aromatic heterocycles. The first-order valence-electron chi connectivity index (χ1n) is 20.7. The molecule has 0 heterocycles. The molecule has 0 fully saturated rings. The Balaban J connectivity index is 0.00000336. The van der Waals surface area contributed by atoms with Gasteiger partial charge in [-0.05, 0) is 120 Å². The largest absolute Gasteiger partial charge is 0.505 e. The van der Waals surface area contributed by atoms with Crippen LogP contribution in [0.3, 0.4) is 0 Å². The van der Waals surface area contributed by atoms with Crippen LogP contribution in [0.1, 0.15) is 0 Å². The number of rotatable bonds is 14. The first-order chi connectivity index (χ1) is 35.1. The normalized spacial score (nSPS) is 12.2. The third-order valence-corrected chi connectivity index (χ3v) is 14.1. The quantitative estimate of drug-likeness (QED) is 0.0210. The fourth-order valence-corrected chi connectivity index (χ4v) is 9.64. The Bertz CT molecular complexity index is 4320. The first kappa shape index (κ1) is 66.4. The third kappa shape index (κ3) is 15.7. The van der Waals surface area contributed by atoms with Gasteiger partial charge < -0.3 is 38.5 Å². The molecule has 0 aliphatic carbocycles. The van der Waals surface area contributed by atoms with Crippen LogP contribution in [0, 0.1) is 0 Å². The summed E-state index contributed by atoms with van der Waals surface area (Å²) in [7, 11) is -19.9. The predicted molar refractivity (Wildman–Crippen MR) is 297 cm³/mol. The van der Waals surface area contributed by atoms with Crippen LogP contribution in [0.5, 0.6) is 11.5 Å². The van der Waals surface area contributed by atoms with Gasteiger partial charge in [0.1, 0.15) is 42.3 Å². The van der Waals surface area contributed by atoms with E-state index in [2.05, 4.69) is 46.2 Å². The monoisotopic (exact) mass is 1190 g/mol. The van der Waals surface area contributed by atoms with E-state index < -0.39 is 82.9 Å². The maximum absolute atomic E-state index is 12.6. The summed E-state index contributed by atoms with van der Waals surface area (Å²) < 4.78 is 138. The van der Waals surface area contributed by atoms with E-state index in [4.69, 9.17) is 22.9 Å². The van der Waals surface area contributed by atoms with Crippen molar-refractivity contribution in [1.82, 2.24) is 0 Å². The zero-order valence-corrected chi connectivity index (χ0v) is 52.8. The molecule has 0 spiro atoms. The molecule has 0 aliphatic rings. The Morgan fingerprint density at radius 2 is 0.785 bits per heavy atom. The second-order valence-electron chi connectivity index (χ2n) is 15.8. The average molecular weight is 1190 g/mol. The van der Waals surface area contributed by atoms with Crippen molar-refractivity contribution in [2.75, 3.05) is 28.3 Å². The summed E-state index contributed by atoms with van der Waals surface area (Å²) in [5.41, 5.74) is 22.0. The molecule has 0 unspecified atom stereocenters. The minimum atomic E-state index is -5.12. The zero-order chi connectivity index (χ0) is 54.4. The van der Waals surface area contributed by atoms with Crippen LogP contribution in [0.4, 0.5) is 79.6 Å². The van der Waals surface area contributed by atoms with E-state index in [-0.39, 0.29) is 197 Å². The van der Waals surface area contributed by atoms with E-state index in [0.29, 0.717) is 11.4 Å². The number of hydrogen-bond acceptors (Lipinski definition) is 23. The molecule has 8 aromatic carbocycles. The number of nitrogen functional groups attached to an aromatic ring is 4. The minimum Gasteiger partial charge on any atom is -0.505 e. The van der Waals surface area contributed by atoms with E-state index in [1.165, 1.54) is 72.8 Å². The predicted octanol–water partition coefficient (Wildman–Crippen LogP) is 8.60. The standard InChI is InChI=1S/C44H35N13O14S4.4Na/c45-23-3-11-34(31(46)15-23)54-51-26-4-1-21-13-39(74(66,67)68)41(43(58)29(21)16-26)56-50-25-8-6-24(7-9-25)49-35-12-10-28(18-38(35)73(63,64)65)53-57-42-40(75(69,70)71)14-22-2-5-27(17-30(22)44(42)59)52-55-36-20-37(72(60,61)62)33(48)19-32(36)47;;;;/h1-20,49,58-59H,45-48H2,(H,60,61,62)(H,63,64,65)(H,66,67,68)(H,69,70,71);;;;. The molecule has 0 amide bonds. The third-order valence-electron chi connectivity index (χ3n) is 10.6. The maximum Gasteiger partial charge on any atom is 0.296 e. The van der Waals surface area contributed by atoms with Crippen molar-refractivity contribution in [2.24, 2.45) is 40.9 Å². The van der Waals surface area contributed by atoms with Crippen LogP contribution in [0.15, 0.2) is 182 Å². The summed E-state index contributed by atoms with van der Waals surface area (Å²) in [4.78, 5) is -3.14. The number of aromatic hydroxyl groups is 2. The SMILES string of the molecule is Nc1ccc(N=Nc2ccc3cc(S(=O)(=O)O)c(N=Nc4ccc(Nc5ccc(N=Nc6c(S(=O)(=O)O)cc7ccc(N=Nc8cc(S(=O)(=O)O)c(N)cc8N)cc7c6O)cc5S(=O)(=O)O)cc4)c(O)c3c2)c(N)c1.[Na].[Na].[Na].[Na]. The zero-order valence-electron chi connectivity index (χ0n) is 41.5. The van der Waals surface area contributed by atoms with Gasteiger partial charge in [-0.2, -0.15) is 54.1 Å². The molecule has 0 saturated carbocycles. The number of phenols is 2. The number of nitrogens with one attached hydrogen (secondary N) is 1. The van der Waals surface area contributed by atoms with Gasteiger partial charge in [-0.3, -0.25) is 18.2 Å². The van der Waals surface area contributed by atoms with Crippen LogP contribution in [0.2, 0.25) is 0 Å². The average Bonchev–Trinajstić information content (AvgIpc) is 3.33. The van der Waals surface area contributed by atoms with Crippen molar-refractivity contribution >= 4 is 260 Å². The molecule has 0 atom stereocenters. The number of fused-ring (bicyclic) bond motifs is 2. The number of nitrogens with zero attached hydrogens (tertiary/aromatic N) is 8. The number of nitrogens with two attached hydrogens (primary N) is 4. The topological polar surface area (TPSA) is 473 Å². The Morgan fingerprint density at radius 1 is 0.367 bits per heavy atom. The summed E-state index contributed by atoms with van der Waals surface area (Å²) in [6.07, 6.45) is 0. The van der Waals surface area contributed by atoms with E-state index in [1.54, 1.807) is 12.1 Å². The molecule has 0 saturated heterocycles. The molecule has 0 aliphatic heterocycles. The summed E-state index contributed by atoms with van der Waals surface area (Å²) >= 11 is 0. The van der Waals surface area contributed by atoms with Crippen molar-refractivity contribution in [1.29, 1.82) is 0 Å². The number of phenolic OH excluding ortho intramolecular Hbond substituents is 2.